The second-order valence-electron chi connectivity index (χ2n) is 2.53. The van der Waals surface area contributed by atoms with E-state index in [0.29, 0.717) is 10.9 Å². The fourth-order valence-corrected chi connectivity index (χ4v) is 1.35. The Hall–Kier alpha value is -0.880. The molecule has 0 aliphatic heterocycles. The zero-order valence-corrected chi connectivity index (χ0v) is 8.15. The molecule has 0 spiro atoms. The van der Waals surface area contributed by atoms with Crippen molar-refractivity contribution in [2.45, 2.75) is 13.3 Å². The van der Waals surface area contributed by atoms with Crippen LogP contribution >= 0.6 is 15.9 Å². The van der Waals surface area contributed by atoms with Gasteiger partial charge in [0.25, 0.3) is 0 Å². The first-order chi connectivity index (χ1) is 5.65. The van der Waals surface area contributed by atoms with Crippen LogP contribution in [0.1, 0.15) is 11.1 Å². The van der Waals surface area contributed by atoms with Gasteiger partial charge in [-0.25, -0.2) is 4.39 Å². The Kier molecular flexibility index (Phi) is 2.83. The number of hydrogen-bond donors (Lipinski definition) is 0. The van der Waals surface area contributed by atoms with E-state index in [1.807, 2.05) is 6.07 Å². The number of aryl methyl sites for hydroxylation is 1. The Bertz CT molecular complexity index is 341. The minimum absolute atomic E-state index is 0.283. The van der Waals surface area contributed by atoms with Gasteiger partial charge < -0.3 is 0 Å². The molecule has 0 aliphatic rings. The molecule has 1 nitrogen and oxygen atoms in total. The SMILES string of the molecule is Cc1cc(F)c(Br)cc1CC#N. The molecule has 0 N–H and O–H groups in total. The van der Waals surface area contributed by atoms with Crippen LogP contribution in [0, 0.1) is 24.1 Å². The van der Waals surface area contributed by atoms with E-state index < -0.39 is 0 Å². The number of rotatable bonds is 1. The van der Waals surface area contributed by atoms with Crippen molar-refractivity contribution < 1.29 is 4.39 Å². The second-order valence-corrected chi connectivity index (χ2v) is 3.38. The van der Waals surface area contributed by atoms with Crippen LogP contribution in [0.3, 0.4) is 0 Å². The lowest BCUT2D eigenvalue weighted by molar-refractivity contribution is 0.619. The maximum absolute atomic E-state index is 12.9. The average Bonchev–Trinajstić information content (AvgIpc) is 2.01. The number of nitriles is 1. The molecule has 0 amide bonds. The van der Waals surface area contributed by atoms with Gasteiger partial charge >= 0.3 is 0 Å². The molecule has 12 heavy (non-hydrogen) atoms. The zero-order valence-electron chi connectivity index (χ0n) is 6.56. The summed E-state index contributed by atoms with van der Waals surface area (Å²) in [6.45, 7) is 1.79. The highest BCUT2D eigenvalue weighted by atomic mass is 79.9. The third-order valence-electron chi connectivity index (χ3n) is 1.65. The summed E-state index contributed by atoms with van der Waals surface area (Å²) in [6, 6.07) is 5.10. The Balaban J connectivity index is 3.16. The molecule has 0 heterocycles. The van der Waals surface area contributed by atoms with Crippen molar-refractivity contribution in [3.05, 3.63) is 33.5 Å². The van der Waals surface area contributed by atoms with Gasteiger partial charge in [-0.3, -0.25) is 0 Å². The van der Waals surface area contributed by atoms with Crippen LogP contribution in [0.2, 0.25) is 0 Å². The number of hydrogen-bond acceptors (Lipinski definition) is 1. The van der Waals surface area contributed by atoms with Crippen molar-refractivity contribution in [1.82, 2.24) is 0 Å². The molecule has 0 unspecified atom stereocenters. The summed E-state index contributed by atoms with van der Waals surface area (Å²) in [5, 5.41) is 8.45. The van der Waals surface area contributed by atoms with E-state index in [4.69, 9.17) is 5.26 Å². The van der Waals surface area contributed by atoms with Crippen LogP contribution < -0.4 is 0 Å². The lowest BCUT2D eigenvalue weighted by Crippen LogP contribution is -1.90. The molecule has 0 saturated heterocycles. The minimum Gasteiger partial charge on any atom is -0.206 e. The first-order valence-corrected chi connectivity index (χ1v) is 4.26. The lowest BCUT2D eigenvalue weighted by atomic mass is 10.1. The fraction of sp³-hybridized carbons (Fsp3) is 0.222. The van der Waals surface area contributed by atoms with E-state index in [2.05, 4.69) is 15.9 Å². The molecule has 62 valence electrons. The molecule has 0 aliphatic carbocycles. The van der Waals surface area contributed by atoms with Gasteiger partial charge in [-0.05, 0) is 46.1 Å². The highest BCUT2D eigenvalue weighted by Gasteiger charge is 2.03. The minimum atomic E-state index is -0.283. The first kappa shape index (κ1) is 9.21. The monoisotopic (exact) mass is 227 g/mol. The Morgan fingerprint density at radius 3 is 2.83 bits per heavy atom. The smallest absolute Gasteiger partial charge is 0.137 e. The average molecular weight is 228 g/mol. The third kappa shape index (κ3) is 1.83. The van der Waals surface area contributed by atoms with Crippen LogP contribution in [0.15, 0.2) is 16.6 Å². The summed E-state index contributed by atoms with van der Waals surface area (Å²) in [6.07, 6.45) is 0.324. The number of halogens is 2. The molecule has 0 saturated carbocycles. The van der Waals surface area contributed by atoms with Gasteiger partial charge in [0, 0.05) is 0 Å². The summed E-state index contributed by atoms with van der Waals surface area (Å²) in [7, 11) is 0. The summed E-state index contributed by atoms with van der Waals surface area (Å²) >= 11 is 3.07. The highest BCUT2D eigenvalue weighted by Crippen LogP contribution is 2.20. The van der Waals surface area contributed by atoms with Crippen molar-refractivity contribution in [2.75, 3.05) is 0 Å². The molecule has 1 aromatic carbocycles. The summed E-state index contributed by atoms with van der Waals surface area (Å²) < 4.78 is 13.3. The lowest BCUT2D eigenvalue weighted by Gasteiger charge is -2.02. The van der Waals surface area contributed by atoms with Crippen LogP contribution in [0.25, 0.3) is 0 Å². The van der Waals surface area contributed by atoms with E-state index in [0.717, 1.165) is 11.1 Å². The summed E-state index contributed by atoms with van der Waals surface area (Å²) in [5.74, 6) is -0.283. The van der Waals surface area contributed by atoms with E-state index in [1.54, 1.807) is 13.0 Å². The van der Waals surface area contributed by atoms with Gasteiger partial charge in [0.05, 0.1) is 17.0 Å². The molecule has 3 heteroatoms. The Labute approximate surface area is 79.0 Å². The Morgan fingerprint density at radius 1 is 1.58 bits per heavy atom. The maximum Gasteiger partial charge on any atom is 0.137 e. The van der Waals surface area contributed by atoms with Gasteiger partial charge in [-0.2, -0.15) is 5.26 Å². The van der Waals surface area contributed by atoms with Gasteiger partial charge in [0.15, 0.2) is 0 Å². The predicted octanol–water partition coefficient (Wildman–Crippen LogP) is 2.96. The molecular weight excluding hydrogens is 221 g/mol. The van der Waals surface area contributed by atoms with Crippen molar-refractivity contribution in [3.63, 3.8) is 0 Å². The van der Waals surface area contributed by atoms with Crippen LogP contribution in [0.5, 0.6) is 0 Å². The van der Waals surface area contributed by atoms with Gasteiger partial charge in [0.1, 0.15) is 5.82 Å². The molecule has 0 atom stereocenters. The first-order valence-electron chi connectivity index (χ1n) is 3.46. The maximum atomic E-state index is 12.9. The molecule has 1 aromatic rings. The second kappa shape index (κ2) is 3.68. The zero-order chi connectivity index (χ0) is 9.14. The third-order valence-corrected chi connectivity index (χ3v) is 2.26. The topological polar surface area (TPSA) is 23.8 Å². The highest BCUT2D eigenvalue weighted by molar-refractivity contribution is 9.10. The van der Waals surface area contributed by atoms with E-state index >= 15 is 0 Å². The Morgan fingerprint density at radius 2 is 2.25 bits per heavy atom. The van der Waals surface area contributed by atoms with E-state index in [1.165, 1.54) is 6.07 Å². The van der Waals surface area contributed by atoms with E-state index in [9.17, 15) is 4.39 Å². The van der Waals surface area contributed by atoms with Crippen molar-refractivity contribution in [3.8, 4) is 6.07 Å². The molecule has 0 fully saturated rings. The van der Waals surface area contributed by atoms with Crippen molar-refractivity contribution in [2.24, 2.45) is 0 Å². The number of benzene rings is 1. The molecule has 0 bridgehead atoms. The van der Waals surface area contributed by atoms with Crippen molar-refractivity contribution in [1.29, 1.82) is 5.26 Å². The quantitative estimate of drug-likeness (QED) is 0.724. The standard InChI is InChI=1S/C9H7BrFN/c1-6-4-9(11)8(10)5-7(6)2-3-12/h4-5H,2H2,1H3. The normalized spacial score (nSPS) is 9.50. The van der Waals surface area contributed by atoms with Crippen LogP contribution in [-0.4, -0.2) is 0 Å². The molecular formula is C9H7BrFN. The van der Waals surface area contributed by atoms with Crippen LogP contribution in [-0.2, 0) is 6.42 Å². The van der Waals surface area contributed by atoms with E-state index in [-0.39, 0.29) is 5.82 Å². The molecule has 0 aromatic heterocycles. The van der Waals surface area contributed by atoms with Crippen molar-refractivity contribution >= 4 is 15.9 Å². The molecule has 0 radical (unpaired) electrons. The van der Waals surface area contributed by atoms with Gasteiger partial charge in [-0.1, -0.05) is 0 Å². The number of nitrogens with zero attached hydrogens (tertiary/aromatic N) is 1. The largest absolute Gasteiger partial charge is 0.206 e. The van der Waals surface area contributed by atoms with Gasteiger partial charge in [0.2, 0.25) is 0 Å². The van der Waals surface area contributed by atoms with Crippen LogP contribution in [0.4, 0.5) is 4.39 Å². The molecule has 1 rings (SSSR count). The fourth-order valence-electron chi connectivity index (χ4n) is 0.963. The summed E-state index contributed by atoms with van der Waals surface area (Å²) in [5.41, 5.74) is 1.68. The van der Waals surface area contributed by atoms with Gasteiger partial charge in [-0.15, -0.1) is 0 Å². The predicted molar refractivity (Wildman–Crippen MR) is 48.2 cm³/mol. The summed E-state index contributed by atoms with van der Waals surface area (Å²) in [4.78, 5) is 0.